The standard InChI is InChI=1S/C12H21N3O2/c1-5-17-12-7-11(14-10(4)15-12)13-8(2)6-9(3)16/h7-9,16H,5-6H2,1-4H3,(H,13,14,15). The van der Waals surface area contributed by atoms with Crippen LogP contribution in [0.2, 0.25) is 0 Å². The molecule has 0 saturated heterocycles. The van der Waals surface area contributed by atoms with E-state index in [1.54, 1.807) is 13.0 Å². The summed E-state index contributed by atoms with van der Waals surface area (Å²) in [5.41, 5.74) is 0. The van der Waals surface area contributed by atoms with Crippen molar-refractivity contribution in [3.8, 4) is 5.88 Å². The fourth-order valence-electron chi connectivity index (χ4n) is 1.66. The fraction of sp³-hybridized carbons (Fsp3) is 0.667. The maximum Gasteiger partial charge on any atom is 0.218 e. The van der Waals surface area contributed by atoms with Crippen LogP contribution < -0.4 is 10.1 Å². The molecule has 1 aromatic heterocycles. The first-order valence-electron chi connectivity index (χ1n) is 5.94. The number of aromatic nitrogens is 2. The molecule has 96 valence electrons. The number of hydrogen-bond acceptors (Lipinski definition) is 5. The van der Waals surface area contributed by atoms with Gasteiger partial charge in [0.25, 0.3) is 0 Å². The van der Waals surface area contributed by atoms with Gasteiger partial charge in [-0.25, -0.2) is 4.98 Å². The first-order valence-corrected chi connectivity index (χ1v) is 5.94. The molecule has 2 unspecified atom stereocenters. The van der Waals surface area contributed by atoms with Crippen molar-refractivity contribution in [2.45, 2.75) is 46.3 Å². The third-order valence-electron chi connectivity index (χ3n) is 2.20. The molecule has 2 N–H and O–H groups in total. The molecule has 0 aliphatic rings. The van der Waals surface area contributed by atoms with E-state index in [9.17, 15) is 5.11 Å². The van der Waals surface area contributed by atoms with Gasteiger partial charge in [-0.05, 0) is 34.1 Å². The average molecular weight is 239 g/mol. The van der Waals surface area contributed by atoms with Crippen LogP contribution in [0, 0.1) is 6.92 Å². The number of aliphatic hydroxyl groups excluding tert-OH is 1. The largest absolute Gasteiger partial charge is 0.478 e. The quantitative estimate of drug-likeness (QED) is 0.791. The third-order valence-corrected chi connectivity index (χ3v) is 2.20. The zero-order chi connectivity index (χ0) is 12.8. The molecule has 0 amide bonds. The van der Waals surface area contributed by atoms with Gasteiger partial charge in [-0.2, -0.15) is 4.98 Å². The summed E-state index contributed by atoms with van der Waals surface area (Å²) in [6.45, 7) is 8.10. The molecular weight excluding hydrogens is 218 g/mol. The number of nitrogens with one attached hydrogen (secondary N) is 1. The normalized spacial score (nSPS) is 14.2. The van der Waals surface area contributed by atoms with Crippen LogP contribution in [0.1, 0.15) is 33.0 Å². The number of hydrogen-bond donors (Lipinski definition) is 2. The molecule has 2 atom stereocenters. The molecule has 5 nitrogen and oxygen atoms in total. The summed E-state index contributed by atoms with van der Waals surface area (Å²) >= 11 is 0. The van der Waals surface area contributed by atoms with Crippen LogP contribution in [0.15, 0.2) is 6.07 Å². The monoisotopic (exact) mass is 239 g/mol. The number of nitrogens with zero attached hydrogens (tertiary/aromatic N) is 2. The van der Waals surface area contributed by atoms with Crippen LogP contribution in [0.3, 0.4) is 0 Å². The SMILES string of the molecule is CCOc1cc(NC(C)CC(C)O)nc(C)n1. The van der Waals surface area contributed by atoms with Crippen molar-refractivity contribution in [3.05, 3.63) is 11.9 Å². The van der Waals surface area contributed by atoms with Gasteiger partial charge < -0.3 is 15.2 Å². The summed E-state index contributed by atoms with van der Waals surface area (Å²) in [6.07, 6.45) is 0.347. The fourth-order valence-corrected chi connectivity index (χ4v) is 1.66. The highest BCUT2D eigenvalue weighted by Crippen LogP contribution is 2.15. The average Bonchev–Trinajstić information content (AvgIpc) is 2.14. The minimum Gasteiger partial charge on any atom is -0.478 e. The lowest BCUT2D eigenvalue weighted by atomic mass is 10.1. The Morgan fingerprint density at radius 1 is 1.41 bits per heavy atom. The molecule has 0 saturated carbocycles. The first-order chi connectivity index (χ1) is 8.01. The molecule has 0 aliphatic carbocycles. The van der Waals surface area contributed by atoms with E-state index in [0.29, 0.717) is 24.7 Å². The van der Waals surface area contributed by atoms with Crippen molar-refractivity contribution >= 4 is 5.82 Å². The summed E-state index contributed by atoms with van der Waals surface area (Å²) in [4.78, 5) is 8.45. The summed E-state index contributed by atoms with van der Waals surface area (Å²) in [5, 5.41) is 12.5. The highest BCUT2D eigenvalue weighted by molar-refractivity contribution is 5.39. The second kappa shape index (κ2) is 6.39. The molecule has 0 aliphatic heterocycles. The van der Waals surface area contributed by atoms with Crippen molar-refractivity contribution in [1.82, 2.24) is 9.97 Å². The Balaban J connectivity index is 2.69. The second-order valence-electron chi connectivity index (χ2n) is 4.20. The molecule has 1 aromatic rings. The number of ether oxygens (including phenoxy) is 1. The van der Waals surface area contributed by atoms with E-state index < -0.39 is 0 Å². The first kappa shape index (κ1) is 13.7. The van der Waals surface area contributed by atoms with E-state index in [1.807, 2.05) is 20.8 Å². The third kappa shape index (κ3) is 4.99. The second-order valence-corrected chi connectivity index (χ2v) is 4.20. The molecule has 0 spiro atoms. The van der Waals surface area contributed by atoms with Crippen molar-refractivity contribution in [2.75, 3.05) is 11.9 Å². The lowest BCUT2D eigenvalue weighted by molar-refractivity contribution is 0.179. The topological polar surface area (TPSA) is 67.3 Å². The molecule has 1 heterocycles. The Hall–Kier alpha value is -1.36. The molecule has 5 heteroatoms. The van der Waals surface area contributed by atoms with Crippen LogP contribution in [-0.4, -0.2) is 33.8 Å². The van der Waals surface area contributed by atoms with Crippen LogP contribution in [0.5, 0.6) is 5.88 Å². The zero-order valence-electron chi connectivity index (χ0n) is 10.9. The van der Waals surface area contributed by atoms with E-state index in [4.69, 9.17) is 4.74 Å². The van der Waals surface area contributed by atoms with E-state index >= 15 is 0 Å². The Kier molecular flexibility index (Phi) is 5.15. The number of rotatable bonds is 6. The van der Waals surface area contributed by atoms with Gasteiger partial charge in [-0.3, -0.25) is 0 Å². The van der Waals surface area contributed by atoms with Crippen LogP contribution in [0.25, 0.3) is 0 Å². The molecule has 0 bridgehead atoms. The van der Waals surface area contributed by atoms with Gasteiger partial charge in [0.1, 0.15) is 11.6 Å². The Morgan fingerprint density at radius 2 is 2.12 bits per heavy atom. The van der Waals surface area contributed by atoms with Crippen LogP contribution >= 0.6 is 0 Å². The van der Waals surface area contributed by atoms with Gasteiger partial charge >= 0.3 is 0 Å². The van der Waals surface area contributed by atoms with Gasteiger partial charge in [-0.15, -0.1) is 0 Å². The minimum absolute atomic E-state index is 0.152. The number of anilines is 1. The Bertz CT molecular complexity index is 356. The molecule has 0 radical (unpaired) electrons. The molecular formula is C12H21N3O2. The van der Waals surface area contributed by atoms with E-state index in [-0.39, 0.29) is 12.1 Å². The zero-order valence-corrected chi connectivity index (χ0v) is 10.9. The highest BCUT2D eigenvalue weighted by atomic mass is 16.5. The summed E-state index contributed by atoms with van der Waals surface area (Å²) in [6, 6.07) is 1.92. The van der Waals surface area contributed by atoms with Crippen molar-refractivity contribution in [2.24, 2.45) is 0 Å². The number of aryl methyl sites for hydroxylation is 1. The molecule has 1 rings (SSSR count). The lowest BCUT2D eigenvalue weighted by Gasteiger charge is -2.16. The van der Waals surface area contributed by atoms with Gasteiger partial charge in [0, 0.05) is 12.1 Å². The molecule has 0 fully saturated rings. The van der Waals surface area contributed by atoms with Crippen molar-refractivity contribution in [3.63, 3.8) is 0 Å². The van der Waals surface area contributed by atoms with Gasteiger partial charge in [-0.1, -0.05) is 0 Å². The van der Waals surface area contributed by atoms with Crippen LogP contribution in [-0.2, 0) is 0 Å². The van der Waals surface area contributed by atoms with Gasteiger partial charge in [0.15, 0.2) is 0 Å². The maximum atomic E-state index is 9.30. The summed E-state index contributed by atoms with van der Waals surface area (Å²) in [7, 11) is 0. The van der Waals surface area contributed by atoms with Crippen LogP contribution in [0.4, 0.5) is 5.82 Å². The molecule has 0 aromatic carbocycles. The van der Waals surface area contributed by atoms with E-state index in [2.05, 4.69) is 15.3 Å². The summed E-state index contributed by atoms with van der Waals surface area (Å²) in [5.74, 6) is 1.98. The lowest BCUT2D eigenvalue weighted by Crippen LogP contribution is -2.21. The van der Waals surface area contributed by atoms with Gasteiger partial charge in [0.2, 0.25) is 5.88 Å². The van der Waals surface area contributed by atoms with Crippen molar-refractivity contribution < 1.29 is 9.84 Å². The minimum atomic E-state index is -0.327. The smallest absolute Gasteiger partial charge is 0.218 e. The van der Waals surface area contributed by atoms with Gasteiger partial charge in [0.05, 0.1) is 12.7 Å². The van der Waals surface area contributed by atoms with E-state index in [0.717, 1.165) is 5.82 Å². The summed E-state index contributed by atoms with van der Waals surface area (Å²) < 4.78 is 5.35. The predicted octanol–water partition coefficient (Wildman–Crippen LogP) is 1.76. The highest BCUT2D eigenvalue weighted by Gasteiger charge is 2.08. The number of aliphatic hydroxyl groups is 1. The predicted molar refractivity (Wildman–Crippen MR) is 67.3 cm³/mol. The molecule has 17 heavy (non-hydrogen) atoms. The Morgan fingerprint density at radius 3 is 2.71 bits per heavy atom. The Labute approximate surface area is 102 Å². The van der Waals surface area contributed by atoms with Crippen molar-refractivity contribution in [1.29, 1.82) is 0 Å². The maximum absolute atomic E-state index is 9.30. The van der Waals surface area contributed by atoms with E-state index in [1.165, 1.54) is 0 Å².